The fourth-order valence-electron chi connectivity index (χ4n) is 4.96. The summed E-state index contributed by atoms with van der Waals surface area (Å²) < 4.78 is 48.5. The SMILES string of the molecule is CC[C@@H](C)NC(=O)[C@H](Cc1ccccc1)N(Cc1ccc(F)cc1)C(=O)CN(c1ccc(OC)c(Cl)c1)S(=O)(=O)c1ccc(C)cc1. The average molecular weight is 680 g/mol. The van der Waals surface area contributed by atoms with Crippen molar-refractivity contribution in [2.24, 2.45) is 0 Å². The van der Waals surface area contributed by atoms with Crippen LogP contribution < -0.4 is 14.4 Å². The number of aryl methyl sites for hydroxylation is 1. The summed E-state index contributed by atoms with van der Waals surface area (Å²) in [4.78, 5) is 29.8. The second-order valence-corrected chi connectivity index (χ2v) is 13.6. The number of amides is 2. The van der Waals surface area contributed by atoms with Gasteiger partial charge in [-0.15, -0.1) is 0 Å². The highest BCUT2D eigenvalue weighted by Gasteiger charge is 2.35. The zero-order valence-electron chi connectivity index (χ0n) is 26.8. The molecule has 47 heavy (non-hydrogen) atoms. The van der Waals surface area contributed by atoms with Gasteiger partial charge in [-0.1, -0.05) is 78.7 Å². The van der Waals surface area contributed by atoms with Gasteiger partial charge < -0.3 is 15.0 Å². The number of anilines is 1. The molecule has 0 radical (unpaired) electrons. The summed E-state index contributed by atoms with van der Waals surface area (Å²) in [5, 5.41) is 3.14. The minimum absolute atomic E-state index is 0.0247. The number of carbonyl (C=O) groups is 2. The molecule has 0 fully saturated rings. The van der Waals surface area contributed by atoms with E-state index in [-0.39, 0.29) is 40.5 Å². The van der Waals surface area contributed by atoms with Crippen molar-refractivity contribution in [2.75, 3.05) is 18.0 Å². The van der Waals surface area contributed by atoms with E-state index in [4.69, 9.17) is 16.3 Å². The molecule has 11 heteroatoms. The molecular formula is C36H39ClFN3O5S. The highest BCUT2D eigenvalue weighted by molar-refractivity contribution is 7.92. The molecule has 0 unspecified atom stereocenters. The molecule has 0 saturated carbocycles. The molecule has 0 aliphatic rings. The monoisotopic (exact) mass is 679 g/mol. The molecule has 4 aromatic rings. The molecule has 0 heterocycles. The van der Waals surface area contributed by atoms with Crippen LogP contribution >= 0.6 is 11.6 Å². The van der Waals surface area contributed by atoms with Crippen molar-refractivity contribution in [1.82, 2.24) is 10.2 Å². The van der Waals surface area contributed by atoms with Gasteiger partial charge in [0, 0.05) is 19.0 Å². The third-order valence-electron chi connectivity index (χ3n) is 7.85. The van der Waals surface area contributed by atoms with Crippen LogP contribution in [0.1, 0.15) is 37.0 Å². The molecule has 2 amide bonds. The number of benzene rings is 4. The smallest absolute Gasteiger partial charge is 0.264 e. The molecule has 248 valence electrons. The summed E-state index contributed by atoms with van der Waals surface area (Å²) in [6, 6.07) is 24.4. The molecule has 2 atom stereocenters. The maximum atomic E-state index is 14.5. The number of hydrogen-bond donors (Lipinski definition) is 1. The molecule has 1 N–H and O–H groups in total. The summed E-state index contributed by atoms with van der Waals surface area (Å²) in [6.07, 6.45) is 0.825. The lowest BCUT2D eigenvalue weighted by molar-refractivity contribution is -0.140. The van der Waals surface area contributed by atoms with Gasteiger partial charge in [0.25, 0.3) is 10.0 Å². The predicted molar refractivity (Wildman–Crippen MR) is 182 cm³/mol. The number of sulfonamides is 1. The van der Waals surface area contributed by atoms with E-state index in [2.05, 4.69) is 5.32 Å². The fourth-order valence-corrected chi connectivity index (χ4v) is 6.62. The van der Waals surface area contributed by atoms with Crippen LogP contribution in [0, 0.1) is 12.7 Å². The summed E-state index contributed by atoms with van der Waals surface area (Å²) in [7, 11) is -2.87. The van der Waals surface area contributed by atoms with E-state index in [1.54, 1.807) is 12.1 Å². The number of rotatable bonds is 14. The minimum Gasteiger partial charge on any atom is -0.495 e. The largest absolute Gasteiger partial charge is 0.495 e. The van der Waals surface area contributed by atoms with Crippen molar-refractivity contribution in [3.05, 3.63) is 125 Å². The van der Waals surface area contributed by atoms with Gasteiger partial charge in [-0.2, -0.15) is 0 Å². The van der Waals surface area contributed by atoms with Gasteiger partial charge in [0.15, 0.2) is 0 Å². The van der Waals surface area contributed by atoms with Crippen LogP contribution in [0.25, 0.3) is 0 Å². The van der Waals surface area contributed by atoms with Crippen molar-refractivity contribution in [3.63, 3.8) is 0 Å². The lowest BCUT2D eigenvalue weighted by Gasteiger charge is -2.34. The fraction of sp³-hybridized carbons (Fsp3) is 0.278. The van der Waals surface area contributed by atoms with E-state index in [0.717, 1.165) is 15.4 Å². The summed E-state index contributed by atoms with van der Waals surface area (Å²) in [5.41, 5.74) is 2.37. The van der Waals surface area contributed by atoms with Crippen molar-refractivity contribution < 1.29 is 27.1 Å². The topological polar surface area (TPSA) is 96.0 Å². The number of hydrogen-bond acceptors (Lipinski definition) is 5. The van der Waals surface area contributed by atoms with Gasteiger partial charge in [-0.3, -0.25) is 13.9 Å². The van der Waals surface area contributed by atoms with Crippen LogP contribution in [-0.4, -0.2) is 50.9 Å². The van der Waals surface area contributed by atoms with Crippen LogP contribution in [0.4, 0.5) is 10.1 Å². The van der Waals surface area contributed by atoms with Crippen molar-refractivity contribution in [3.8, 4) is 5.75 Å². The van der Waals surface area contributed by atoms with Crippen LogP contribution in [-0.2, 0) is 32.6 Å². The molecule has 0 spiro atoms. The maximum absolute atomic E-state index is 14.5. The number of halogens is 2. The molecular weight excluding hydrogens is 641 g/mol. The van der Waals surface area contributed by atoms with Crippen LogP contribution in [0.5, 0.6) is 5.75 Å². The normalized spacial score (nSPS) is 12.6. The van der Waals surface area contributed by atoms with Gasteiger partial charge in [0.2, 0.25) is 11.8 Å². The van der Waals surface area contributed by atoms with E-state index in [9.17, 15) is 22.4 Å². The number of nitrogens with one attached hydrogen (secondary N) is 1. The van der Waals surface area contributed by atoms with Crippen LogP contribution in [0.3, 0.4) is 0 Å². The highest BCUT2D eigenvalue weighted by Crippen LogP contribution is 2.32. The first-order valence-corrected chi connectivity index (χ1v) is 17.1. The van der Waals surface area contributed by atoms with Gasteiger partial charge >= 0.3 is 0 Å². The van der Waals surface area contributed by atoms with E-state index in [1.165, 1.54) is 66.6 Å². The number of ether oxygens (including phenoxy) is 1. The molecule has 4 rings (SSSR count). The minimum atomic E-state index is -4.31. The standard InChI is InChI=1S/C36H39ClFN3O5S/c1-5-26(3)39-36(43)33(21-27-9-7-6-8-10-27)40(23-28-13-15-29(38)16-14-28)35(42)24-41(30-17-20-34(46-4)32(37)22-30)47(44,45)31-18-11-25(2)12-19-31/h6-20,22,26,33H,5,21,23-24H2,1-4H3,(H,39,43)/t26-,33+/m1/s1. The quantitative estimate of drug-likeness (QED) is 0.163. The van der Waals surface area contributed by atoms with Gasteiger partial charge in [0.1, 0.15) is 24.2 Å². The Morgan fingerprint density at radius 3 is 2.19 bits per heavy atom. The Hall–Kier alpha value is -4.41. The molecule has 0 saturated heterocycles. The second-order valence-electron chi connectivity index (χ2n) is 11.3. The lowest BCUT2D eigenvalue weighted by Crippen LogP contribution is -2.54. The third-order valence-corrected chi connectivity index (χ3v) is 9.93. The molecule has 8 nitrogen and oxygen atoms in total. The molecule has 0 aliphatic carbocycles. The third kappa shape index (κ3) is 9.11. The number of carbonyl (C=O) groups excluding carboxylic acids is 2. The molecule has 0 bridgehead atoms. The van der Waals surface area contributed by atoms with E-state index < -0.39 is 34.3 Å². The highest BCUT2D eigenvalue weighted by atomic mass is 35.5. The van der Waals surface area contributed by atoms with Crippen molar-refractivity contribution in [1.29, 1.82) is 0 Å². The molecule has 4 aromatic carbocycles. The Balaban J connectivity index is 1.83. The predicted octanol–water partition coefficient (Wildman–Crippen LogP) is 6.55. The average Bonchev–Trinajstić information content (AvgIpc) is 3.06. The molecule has 0 aliphatic heterocycles. The Morgan fingerprint density at radius 2 is 1.60 bits per heavy atom. The Bertz CT molecular complexity index is 1770. The van der Waals surface area contributed by atoms with Crippen molar-refractivity contribution >= 4 is 39.1 Å². The lowest BCUT2D eigenvalue weighted by atomic mass is 10.0. The van der Waals surface area contributed by atoms with E-state index in [1.807, 2.05) is 51.1 Å². The van der Waals surface area contributed by atoms with Gasteiger partial charge in [0.05, 0.1) is 22.7 Å². The summed E-state index contributed by atoms with van der Waals surface area (Å²) in [6.45, 7) is 4.92. The van der Waals surface area contributed by atoms with Crippen molar-refractivity contribution in [2.45, 2.75) is 57.1 Å². The summed E-state index contributed by atoms with van der Waals surface area (Å²) >= 11 is 6.43. The first-order valence-electron chi connectivity index (χ1n) is 15.2. The zero-order chi connectivity index (χ0) is 34.1. The van der Waals surface area contributed by atoms with Crippen LogP contribution in [0.2, 0.25) is 5.02 Å². The second kappa shape index (κ2) is 15.9. The first kappa shape index (κ1) is 35.4. The molecule has 0 aromatic heterocycles. The zero-order valence-corrected chi connectivity index (χ0v) is 28.4. The van der Waals surface area contributed by atoms with E-state index >= 15 is 0 Å². The van der Waals surface area contributed by atoms with Crippen LogP contribution in [0.15, 0.2) is 102 Å². The number of methoxy groups -OCH3 is 1. The van der Waals surface area contributed by atoms with Gasteiger partial charge in [-0.25, -0.2) is 12.8 Å². The maximum Gasteiger partial charge on any atom is 0.264 e. The first-order chi connectivity index (χ1) is 22.4. The van der Waals surface area contributed by atoms with Gasteiger partial charge in [-0.05, 0) is 73.9 Å². The Kier molecular flexibility index (Phi) is 12.0. The Labute approximate surface area is 281 Å². The number of nitrogens with zero attached hydrogens (tertiary/aromatic N) is 2. The Morgan fingerprint density at radius 1 is 0.936 bits per heavy atom. The van der Waals surface area contributed by atoms with E-state index in [0.29, 0.717) is 17.7 Å². The summed E-state index contributed by atoms with van der Waals surface area (Å²) in [5.74, 6) is -1.15.